The van der Waals surface area contributed by atoms with Gasteiger partial charge in [-0.1, -0.05) is 6.08 Å². The minimum Gasteiger partial charge on any atom is -0.342 e. The van der Waals surface area contributed by atoms with E-state index in [0.29, 0.717) is 17.7 Å². The fourth-order valence-electron chi connectivity index (χ4n) is 1.48. The lowest BCUT2D eigenvalue weighted by Crippen LogP contribution is -2.27. The fourth-order valence-corrected chi connectivity index (χ4v) is 1.48. The van der Waals surface area contributed by atoms with E-state index in [1.165, 1.54) is 0 Å². The predicted molar refractivity (Wildman–Crippen MR) is 67.5 cm³/mol. The van der Waals surface area contributed by atoms with Crippen molar-refractivity contribution in [2.75, 3.05) is 13.6 Å². The largest absolute Gasteiger partial charge is 0.342 e. The third-order valence-corrected chi connectivity index (χ3v) is 2.51. The van der Waals surface area contributed by atoms with Gasteiger partial charge in [0.15, 0.2) is 0 Å². The highest BCUT2D eigenvalue weighted by Crippen LogP contribution is 2.07. The molecule has 0 aliphatic rings. The van der Waals surface area contributed by atoms with Crippen LogP contribution in [0.3, 0.4) is 0 Å². The van der Waals surface area contributed by atoms with Crippen LogP contribution in [0.25, 0.3) is 0 Å². The van der Waals surface area contributed by atoms with Crippen LogP contribution in [0, 0.1) is 11.3 Å². The monoisotopic (exact) mass is 228 g/mol. The van der Waals surface area contributed by atoms with Crippen molar-refractivity contribution in [3.63, 3.8) is 0 Å². The summed E-state index contributed by atoms with van der Waals surface area (Å²) in [5.41, 5.74) is 1.18. The average molecular weight is 228 g/mol. The molecule has 0 heterocycles. The Morgan fingerprint density at radius 2 is 2.12 bits per heavy atom. The van der Waals surface area contributed by atoms with E-state index >= 15 is 0 Å². The van der Waals surface area contributed by atoms with E-state index in [-0.39, 0.29) is 5.91 Å². The van der Waals surface area contributed by atoms with Crippen LogP contribution in [0.15, 0.2) is 36.9 Å². The second-order valence-electron chi connectivity index (χ2n) is 3.85. The Morgan fingerprint density at radius 3 is 2.65 bits per heavy atom. The van der Waals surface area contributed by atoms with Crippen molar-refractivity contribution in [2.24, 2.45) is 0 Å². The summed E-state index contributed by atoms with van der Waals surface area (Å²) in [6.07, 6.45) is 3.67. The Morgan fingerprint density at radius 1 is 1.47 bits per heavy atom. The minimum absolute atomic E-state index is 0.0152. The van der Waals surface area contributed by atoms with Crippen molar-refractivity contribution < 1.29 is 4.79 Å². The van der Waals surface area contributed by atoms with Gasteiger partial charge in [0.2, 0.25) is 0 Å². The van der Waals surface area contributed by atoms with Crippen molar-refractivity contribution in [2.45, 2.75) is 12.8 Å². The number of hydrogen-bond donors (Lipinski definition) is 0. The summed E-state index contributed by atoms with van der Waals surface area (Å²) < 4.78 is 0. The number of carbonyl (C=O) groups excluding carboxylic acids is 1. The van der Waals surface area contributed by atoms with Gasteiger partial charge in [-0.2, -0.15) is 5.26 Å². The molecule has 3 nitrogen and oxygen atoms in total. The topological polar surface area (TPSA) is 44.1 Å². The zero-order chi connectivity index (χ0) is 12.7. The second-order valence-corrected chi connectivity index (χ2v) is 3.85. The molecule has 3 heteroatoms. The van der Waals surface area contributed by atoms with Gasteiger partial charge in [0.05, 0.1) is 11.6 Å². The highest BCUT2D eigenvalue weighted by molar-refractivity contribution is 5.94. The molecule has 88 valence electrons. The first-order valence-electron chi connectivity index (χ1n) is 5.55. The first-order valence-corrected chi connectivity index (χ1v) is 5.55. The van der Waals surface area contributed by atoms with E-state index in [2.05, 4.69) is 6.58 Å². The maximum absolute atomic E-state index is 12.0. The summed E-state index contributed by atoms with van der Waals surface area (Å²) in [4.78, 5) is 13.6. The van der Waals surface area contributed by atoms with Crippen molar-refractivity contribution in [1.29, 1.82) is 5.26 Å². The molecule has 1 aromatic carbocycles. The number of unbranched alkanes of at least 4 members (excludes halogenated alkanes) is 1. The van der Waals surface area contributed by atoms with Gasteiger partial charge < -0.3 is 4.90 Å². The zero-order valence-electron chi connectivity index (χ0n) is 10.0. The normalized spacial score (nSPS) is 9.41. The van der Waals surface area contributed by atoms with Gasteiger partial charge in [-0.25, -0.2) is 0 Å². The molecule has 1 amide bonds. The second kappa shape index (κ2) is 6.49. The van der Waals surface area contributed by atoms with E-state index in [1.54, 1.807) is 36.2 Å². The van der Waals surface area contributed by atoms with E-state index in [1.807, 2.05) is 12.1 Å². The molecular weight excluding hydrogens is 212 g/mol. The van der Waals surface area contributed by atoms with E-state index in [0.717, 1.165) is 12.8 Å². The molecule has 0 bridgehead atoms. The maximum Gasteiger partial charge on any atom is 0.253 e. The summed E-state index contributed by atoms with van der Waals surface area (Å²) in [7, 11) is 1.78. The molecule has 1 aromatic rings. The third-order valence-electron chi connectivity index (χ3n) is 2.51. The summed E-state index contributed by atoms with van der Waals surface area (Å²) in [6, 6.07) is 8.71. The molecule has 0 aliphatic carbocycles. The summed E-state index contributed by atoms with van der Waals surface area (Å²) >= 11 is 0. The zero-order valence-corrected chi connectivity index (χ0v) is 10.0. The van der Waals surface area contributed by atoms with Crippen LogP contribution >= 0.6 is 0 Å². The number of benzene rings is 1. The molecule has 0 spiro atoms. The maximum atomic E-state index is 12.0. The molecule has 0 N–H and O–H groups in total. The molecule has 0 saturated heterocycles. The van der Waals surface area contributed by atoms with Crippen molar-refractivity contribution in [1.82, 2.24) is 4.90 Å². The Hall–Kier alpha value is -2.08. The van der Waals surface area contributed by atoms with Crippen LogP contribution in [-0.4, -0.2) is 24.4 Å². The quantitative estimate of drug-likeness (QED) is 0.574. The van der Waals surface area contributed by atoms with Crippen LogP contribution in [0.2, 0.25) is 0 Å². The predicted octanol–water partition coefficient (Wildman–Crippen LogP) is 2.60. The van der Waals surface area contributed by atoms with E-state index in [9.17, 15) is 4.79 Å². The smallest absolute Gasteiger partial charge is 0.253 e. The van der Waals surface area contributed by atoms with E-state index < -0.39 is 0 Å². The molecule has 0 aliphatic heterocycles. The fraction of sp³-hybridized carbons (Fsp3) is 0.286. The molecule has 0 saturated carbocycles. The number of carbonyl (C=O) groups is 1. The van der Waals surface area contributed by atoms with Crippen molar-refractivity contribution in [3.05, 3.63) is 48.0 Å². The van der Waals surface area contributed by atoms with E-state index in [4.69, 9.17) is 5.26 Å². The van der Waals surface area contributed by atoms with Crippen molar-refractivity contribution in [3.8, 4) is 6.07 Å². The Bertz CT molecular complexity index is 429. The SMILES string of the molecule is C=CCCCN(C)C(=O)c1ccc(C#N)cc1. The molecular formula is C14H16N2O. The highest BCUT2D eigenvalue weighted by Gasteiger charge is 2.10. The van der Waals surface area contributed by atoms with Gasteiger partial charge in [0.25, 0.3) is 5.91 Å². The van der Waals surface area contributed by atoms with Crippen LogP contribution < -0.4 is 0 Å². The number of amides is 1. The minimum atomic E-state index is -0.0152. The number of allylic oxidation sites excluding steroid dienone is 1. The number of hydrogen-bond acceptors (Lipinski definition) is 2. The number of nitriles is 1. The summed E-state index contributed by atoms with van der Waals surface area (Å²) in [5.74, 6) is -0.0152. The molecule has 0 unspecified atom stereocenters. The average Bonchev–Trinajstić information content (AvgIpc) is 2.38. The Kier molecular flexibility index (Phi) is 4.96. The molecule has 1 rings (SSSR count). The highest BCUT2D eigenvalue weighted by atomic mass is 16.2. The summed E-state index contributed by atoms with van der Waals surface area (Å²) in [5, 5.41) is 8.66. The molecule has 0 fully saturated rings. The molecule has 0 aromatic heterocycles. The lowest BCUT2D eigenvalue weighted by atomic mass is 10.1. The molecule has 0 atom stereocenters. The molecule has 0 radical (unpaired) electrons. The van der Waals surface area contributed by atoms with Gasteiger partial charge in [0, 0.05) is 19.2 Å². The van der Waals surface area contributed by atoms with Crippen LogP contribution in [-0.2, 0) is 0 Å². The van der Waals surface area contributed by atoms with Crippen LogP contribution in [0.4, 0.5) is 0 Å². The van der Waals surface area contributed by atoms with Gasteiger partial charge in [-0.05, 0) is 37.1 Å². The Labute approximate surface area is 102 Å². The van der Waals surface area contributed by atoms with Crippen LogP contribution in [0.1, 0.15) is 28.8 Å². The van der Waals surface area contributed by atoms with Gasteiger partial charge in [0.1, 0.15) is 0 Å². The third kappa shape index (κ3) is 3.76. The number of nitrogens with zero attached hydrogens (tertiary/aromatic N) is 2. The van der Waals surface area contributed by atoms with Gasteiger partial charge in [-0.3, -0.25) is 4.79 Å². The van der Waals surface area contributed by atoms with Gasteiger partial charge in [-0.15, -0.1) is 6.58 Å². The lowest BCUT2D eigenvalue weighted by molar-refractivity contribution is 0.0794. The van der Waals surface area contributed by atoms with Crippen molar-refractivity contribution >= 4 is 5.91 Å². The number of rotatable bonds is 5. The van der Waals surface area contributed by atoms with Gasteiger partial charge >= 0.3 is 0 Å². The molecule has 17 heavy (non-hydrogen) atoms. The first kappa shape index (κ1) is 13.0. The Balaban J connectivity index is 2.62. The standard InChI is InChI=1S/C14H16N2O/c1-3-4-5-10-16(2)14(17)13-8-6-12(11-15)7-9-13/h3,6-9H,1,4-5,10H2,2H3. The lowest BCUT2D eigenvalue weighted by Gasteiger charge is -2.16. The van der Waals surface area contributed by atoms with Crippen LogP contribution in [0.5, 0.6) is 0 Å². The summed E-state index contributed by atoms with van der Waals surface area (Å²) in [6.45, 7) is 4.36. The first-order chi connectivity index (χ1) is 8.19.